The van der Waals surface area contributed by atoms with Gasteiger partial charge >= 0.3 is 0 Å². The molecule has 5 heteroatoms. The first kappa shape index (κ1) is 19.7. The van der Waals surface area contributed by atoms with E-state index in [1.807, 2.05) is 66.7 Å². The lowest BCUT2D eigenvalue weighted by Gasteiger charge is -2.12. The van der Waals surface area contributed by atoms with E-state index in [9.17, 15) is 0 Å². The van der Waals surface area contributed by atoms with Gasteiger partial charge in [0.2, 0.25) is 0 Å². The normalized spacial score (nSPS) is 13.0. The Morgan fingerprint density at radius 3 is 2.20 bits per heavy atom. The van der Waals surface area contributed by atoms with Gasteiger partial charge in [0.15, 0.2) is 5.75 Å². The van der Waals surface area contributed by atoms with E-state index in [-0.39, 0.29) is 0 Å². The number of ether oxygens (including phenoxy) is 3. The zero-order valence-corrected chi connectivity index (χ0v) is 16.6. The molecule has 2 heterocycles. The van der Waals surface area contributed by atoms with Crippen molar-refractivity contribution in [3.05, 3.63) is 95.2 Å². The van der Waals surface area contributed by atoms with Gasteiger partial charge in [0.05, 0.1) is 13.2 Å². The van der Waals surface area contributed by atoms with E-state index in [0.717, 1.165) is 23.1 Å². The average molecular weight is 398 g/mol. The number of rotatable bonds is 6. The van der Waals surface area contributed by atoms with Gasteiger partial charge in [0.1, 0.15) is 18.9 Å². The summed E-state index contributed by atoms with van der Waals surface area (Å²) < 4.78 is 17.2. The second-order valence-electron chi connectivity index (χ2n) is 6.75. The molecule has 4 rings (SSSR count). The summed E-state index contributed by atoms with van der Waals surface area (Å²) in [5.74, 6) is 7.10. The average Bonchev–Trinajstić information content (AvgIpc) is 2.82. The summed E-state index contributed by atoms with van der Waals surface area (Å²) in [6.45, 7) is 2.09. The highest BCUT2D eigenvalue weighted by Gasteiger charge is 2.11. The number of hydrogen-bond acceptors (Lipinski definition) is 5. The quantitative estimate of drug-likeness (QED) is 0.579. The second kappa shape index (κ2) is 10.2. The van der Waals surface area contributed by atoms with E-state index in [1.165, 1.54) is 0 Å². The molecular weight excluding hydrogens is 376 g/mol. The van der Waals surface area contributed by atoms with Gasteiger partial charge in [-0.3, -0.25) is 0 Å². The largest absolute Gasteiger partial charge is 0.483 e. The Balaban J connectivity index is 1.53. The fourth-order valence-corrected chi connectivity index (χ4v) is 2.87. The van der Waals surface area contributed by atoms with E-state index in [0.29, 0.717) is 43.8 Å². The Hall–Kier alpha value is -3.62. The zero-order chi connectivity index (χ0) is 20.4. The van der Waals surface area contributed by atoms with E-state index < -0.39 is 0 Å². The van der Waals surface area contributed by atoms with Crippen LogP contribution in [0.3, 0.4) is 0 Å². The van der Waals surface area contributed by atoms with Crippen molar-refractivity contribution in [3.63, 3.8) is 0 Å². The molecule has 0 spiro atoms. The van der Waals surface area contributed by atoms with Crippen LogP contribution in [0.25, 0.3) is 0 Å². The van der Waals surface area contributed by atoms with Crippen molar-refractivity contribution in [2.45, 2.75) is 19.6 Å². The van der Waals surface area contributed by atoms with Gasteiger partial charge in [-0.05, 0) is 23.1 Å². The molecule has 0 fully saturated rings. The Morgan fingerprint density at radius 1 is 0.833 bits per heavy atom. The third-order valence-corrected chi connectivity index (χ3v) is 4.50. The molecule has 0 saturated heterocycles. The van der Waals surface area contributed by atoms with Crippen LogP contribution in [-0.2, 0) is 18.0 Å². The van der Waals surface area contributed by atoms with Crippen LogP contribution in [-0.4, -0.2) is 23.4 Å². The van der Waals surface area contributed by atoms with Gasteiger partial charge in [-0.15, -0.1) is 10.2 Å². The number of hydrogen-bond donors (Lipinski definition) is 0. The minimum atomic E-state index is 0.352. The molecule has 3 aromatic rings. The first-order valence-corrected chi connectivity index (χ1v) is 9.87. The smallest absolute Gasteiger partial charge is 0.276 e. The van der Waals surface area contributed by atoms with Crippen LogP contribution in [0.4, 0.5) is 0 Å². The van der Waals surface area contributed by atoms with Crippen molar-refractivity contribution in [1.82, 2.24) is 10.2 Å². The van der Waals surface area contributed by atoms with Gasteiger partial charge in [-0.1, -0.05) is 66.6 Å². The maximum absolute atomic E-state index is 6.01. The van der Waals surface area contributed by atoms with Crippen LogP contribution < -0.4 is 9.47 Å². The van der Waals surface area contributed by atoms with Gasteiger partial charge in [-0.25, -0.2) is 0 Å². The molecule has 1 aromatic heterocycles. The highest BCUT2D eigenvalue weighted by molar-refractivity contribution is 5.43. The second-order valence-corrected chi connectivity index (χ2v) is 6.75. The maximum atomic E-state index is 6.01. The van der Waals surface area contributed by atoms with Gasteiger partial charge < -0.3 is 14.2 Å². The molecule has 0 radical (unpaired) electrons. The minimum absolute atomic E-state index is 0.352. The predicted octanol–water partition coefficient (Wildman–Crippen LogP) is 4.33. The Morgan fingerprint density at radius 2 is 1.53 bits per heavy atom. The molecule has 150 valence electrons. The van der Waals surface area contributed by atoms with E-state index >= 15 is 0 Å². The summed E-state index contributed by atoms with van der Waals surface area (Å²) >= 11 is 0. The monoisotopic (exact) mass is 398 g/mol. The first-order valence-electron chi connectivity index (χ1n) is 9.87. The lowest BCUT2D eigenvalue weighted by atomic mass is 10.1. The van der Waals surface area contributed by atoms with Gasteiger partial charge in [-0.2, -0.15) is 0 Å². The topological polar surface area (TPSA) is 53.5 Å². The molecule has 5 nitrogen and oxygen atoms in total. The summed E-state index contributed by atoms with van der Waals surface area (Å²) in [6.07, 6.45) is 2.81. The third-order valence-electron chi connectivity index (χ3n) is 4.50. The minimum Gasteiger partial charge on any atom is -0.483 e. The maximum Gasteiger partial charge on any atom is 0.276 e. The summed E-state index contributed by atoms with van der Waals surface area (Å²) in [5, 5.41) is 8.43. The molecule has 0 atom stereocenters. The zero-order valence-electron chi connectivity index (χ0n) is 16.6. The summed E-state index contributed by atoms with van der Waals surface area (Å²) in [6, 6.07) is 21.7. The van der Waals surface area contributed by atoms with Crippen molar-refractivity contribution < 1.29 is 14.2 Å². The number of benzene rings is 2. The fourth-order valence-electron chi connectivity index (χ4n) is 2.87. The molecule has 0 amide bonds. The van der Waals surface area contributed by atoms with Gasteiger partial charge in [0.25, 0.3) is 5.88 Å². The van der Waals surface area contributed by atoms with Crippen LogP contribution in [0.15, 0.2) is 78.4 Å². The molecule has 1 aliphatic heterocycles. The van der Waals surface area contributed by atoms with Crippen molar-refractivity contribution in [1.29, 1.82) is 0 Å². The molecule has 0 N–H and O–H groups in total. The van der Waals surface area contributed by atoms with E-state index in [2.05, 4.69) is 22.0 Å². The molecule has 0 bridgehead atoms. The van der Waals surface area contributed by atoms with Crippen LogP contribution in [0, 0.1) is 11.8 Å². The Bertz CT molecular complexity index is 1050. The van der Waals surface area contributed by atoms with E-state index in [1.54, 1.807) is 6.07 Å². The standard InChI is InChI=1S/C25H22N2O3/c1-3-7-21(8-4-1)18-29-24-17-23(12-11-20-13-15-28-16-14-20)26-27-25(24)30-19-22-9-5-2-6-10-22/h1-10,13,17H,14-16,18-19H2. The molecular formula is C25H22N2O3. The molecule has 0 aliphatic carbocycles. The first-order chi connectivity index (χ1) is 14.9. The number of nitrogens with zero attached hydrogens (tertiary/aromatic N) is 2. The van der Waals surface area contributed by atoms with Crippen LogP contribution in [0.1, 0.15) is 23.2 Å². The highest BCUT2D eigenvalue weighted by atomic mass is 16.5. The Labute approximate surface area is 176 Å². The van der Waals surface area contributed by atoms with Crippen molar-refractivity contribution >= 4 is 0 Å². The molecule has 0 unspecified atom stereocenters. The molecule has 2 aromatic carbocycles. The van der Waals surface area contributed by atoms with Crippen LogP contribution >= 0.6 is 0 Å². The lowest BCUT2D eigenvalue weighted by molar-refractivity contribution is 0.156. The molecule has 1 aliphatic rings. The van der Waals surface area contributed by atoms with Gasteiger partial charge in [0, 0.05) is 18.1 Å². The number of aromatic nitrogens is 2. The summed E-state index contributed by atoms with van der Waals surface area (Å²) in [5.41, 5.74) is 3.70. The van der Waals surface area contributed by atoms with Crippen LogP contribution in [0.2, 0.25) is 0 Å². The molecule has 30 heavy (non-hydrogen) atoms. The predicted molar refractivity (Wildman–Crippen MR) is 114 cm³/mol. The summed E-state index contributed by atoms with van der Waals surface area (Å²) in [4.78, 5) is 0. The SMILES string of the molecule is C(#Cc1cc(OCc2ccccc2)c(OCc2ccccc2)nn1)C1=CCOCC1. The van der Waals surface area contributed by atoms with Crippen LogP contribution in [0.5, 0.6) is 11.6 Å². The fraction of sp³-hybridized carbons (Fsp3) is 0.200. The van der Waals surface area contributed by atoms with Crippen molar-refractivity contribution in [3.8, 4) is 23.5 Å². The Kier molecular flexibility index (Phi) is 6.72. The van der Waals surface area contributed by atoms with E-state index in [4.69, 9.17) is 14.2 Å². The van der Waals surface area contributed by atoms with Crippen molar-refractivity contribution in [2.75, 3.05) is 13.2 Å². The molecule has 0 saturated carbocycles. The lowest BCUT2D eigenvalue weighted by Crippen LogP contribution is -2.04. The summed E-state index contributed by atoms with van der Waals surface area (Å²) in [7, 11) is 0. The van der Waals surface area contributed by atoms with Crippen molar-refractivity contribution in [2.24, 2.45) is 0 Å². The highest BCUT2D eigenvalue weighted by Crippen LogP contribution is 2.26. The third kappa shape index (κ3) is 5.69.